The maximum Gasteiger partial charge on any atom is 0.0954 e. The smallest absolute Gasteiger partial charge is 0.0954 e. The third-order valence-corrected chi connectivity index (χ3v) is 4.18. The molecule has 102 valence electrons. The summed E-state index contributed by atoms with van der Waals surface area (Å²) in [5.41, 5.74) is 3.56. The van der Waals surface area contributed by atoms with Gasteiger partial charge in [0.15, 0.2) is 0 Å². The van der Waals surface area contributed by atoms with Crippen molar-refractivity contribution in [2.75, 3.05) is 0 Å². The maximum absolute atomic E-state index is 10.1. The van der Waals surface area contributed by atoms with Crippen molar-refractivity contribution in [2.24, 2.45) is 0 Å². The minimum Gasteiger partial charge on any atom is -0.392 e. The Balaban J connectivity index is 1.93. The monoisotopic (exact) mass is 275 g/mol. The average molecular weight is 275 g/mol. The summed E-state index contributed by atoms with van der Waals surface area (Å²) in [6.45, 7) is 6.36. The van der Waals surface area contributed by atoms with Gasteiger partial charge in [-0.1, -0.05) is 38.1 Å². The fraction of sp³-hybridized carbons (Fsp3) is 0.438. The van der Waals surface area contributed by atoms with Crippen molar-refractivity contribution in [3.63, 3.8) is 0 Å². The van der Waals surface area contributed by atoms with Gasteiger partial charge in [-0.25, -0.2) is 4.98 Å². The summed E-state index contributed by atoms with van der Waals surface area (Å²) < 4.78 is 0. The molecule has 1 unspecified atom stereocenters. The molecule has 0 amide bonds. The molecule has 0 saturated heterocycles. The lowest BCUT2D eigenvalue weighted by atomic mass is 9.99. The first kappa shape index (κ1) is 14.2. The Bertz CT molecular complexity index is 516. The molecular weight excluding hydrogens is 254 g/mol. The second-order valence-electron chi connectivity index (χ2n) is 5.34. The lowest BCUT2D eigenvalue weighted by molar-refractivity contribution is 0.175. The van der Waals surface area contributed by atoms with E-state index in [0.29, 0.717) is 18.8 Å². The number of hydrogen-bond donors (Lipinski definition) is 1. The van der Waals surface area contributed by atoms with E-state index >= 15 is 0 Å². The lowest BCUT2D eigenvalue weighted by Gasteiger charge is -2.10. The summed E-state index contributed by atoms with van der Waals surface area (Å²) in [7, 11) is 0. The summed E-state index contributed by atoms with van der Waals surface area (Å²) in [6.07, 6.45) is 0.983. The van der Waals surface area contributed by atoms with Crippen LogP contribution in [0, 0.1) is 6.92 Å². The Morgan fingerprint density at radius 2 is 1.84 bits per heavy atom. The molecule has 0 bridgehead atoms. The molecular formula is C16H21NOS. The molecule has 2 rings (SSSR count). The fourth-order valence-corrected chi connectivity index (χ4v) is 2.93. The van der Waals surface area contributed by atoms with Crippen molar-refractivity contribution >= 4 is 11.3 Å². The summed E-state index contributed by atoms with van der Waals surface area (Å²) in [6, 6.07) is 8.54. The minimum absolute atomic E-state index is 0.351. The Labute approximate surface area is 119 Å². The van der Waals surface area contributed by atoms with Crippen molar-refractivity contribution in [2.45, 2.75) is 45.6 Å². The summed E-state index contributed by atoms with van der Waals surface area (Å²) in [5, 5.41) is 13.2. The van der Waals surface area contributed by atoms with Gasteiger partial charge in [-0.3, -0.25) is 0 Å². The molecule has 1 atom stereocenters. The highest BCUT2D eigenvalue weighted by Crippen LogP contribution is 2.17. The molecule has 1 N–H and O–H groups in total. The van der Waals surface area contributed by atoms with Crippen LogP contribution in [-0.4, -0.2) is 16.2 Å². The zero-order valence-corrected chi connectivity index (χ0v) is 12.6. The second kappa shape index (κ2) is 6.31. The number of aliphatic hydroxyl groups excluding tert-OH is 1. The largest absolute Gasteiger partial charge is 0.392 e. The third-order valence-electron chi connectivity index (χ3n) is 3.19. The molecule has 2 nitrogen and oxygen atoms in total. The average Bonchev–Trinajstić information content (AvgIpc) is 2.75. The van der Waals surface area contributed by atoms with Gasteiger partial charge < -0.3 is 5.11 Å². The number of nitrogens with zero attached hydrogens (tertiary/aromatic N) is 1. The van der Waals surface area contributed by atoms with E-state index in [1.165, 1.54) is 11.1 Å². The van der Waals surface area contributed by atoms with Gasteiger partial charge in [0, 0.05) is 17.5 Å². The molecule has 0 spiro atoms. The first-order valence-electron chi connectivity index (χ1n) is 6.72. The molecule has 0 aliphatic carbocycles. The van der Waals surface area contributed by atoms with Crippen LogP contribution in [0.4, 0.5) is 0 Å². The molecule has 3 heteroatoms. The number of thiazole rings is 1. The zero-order chi connectivity index (χ0) is 13.8. The normalized spacial score (nSPS) is 12.9. The van der Waals surface area contributed by atoms with E-state index < -0.39 is 0 Å². The Morgan fingerprint density at radius 1 is 1.16 bits per heavy atom. The van der Waals surface area contributed by atoms with Crippen LogP contribution in [0.5, 0.6) is 0 Å². The van der Waals surface area contributed by atoms with Crippen LogP contribution in [0.2, 0.25) is 0 Å². The van der Waals surface area contributed by atoms with E-state index in [1.807, 2.05) is 12.3 Å². The van der Waals surface area contributed by atoms with Crippen LogP contribution in [0.15, 0.2) is 29.6 Å². The van der Waals surface area contributed by atoms with Gasteiger partial charge in [-0.05, 0) is 30.4 Å². The molecule has 0 fully saturated rings. The van der Waals surface area contributed by atoms with Gasteiger partial charge in [0.2, 0.25) is 0 Å². The topological polar surface area (TPSA) is 33.1 Å². The molecule has 2 aromatic rings. The van der Waals surface area contributed by atoms with E-state index in [-0.39, 0.29) is 6.10 Å². The van der Waals surface area contributed by atoms with Crippen molar-refractivity contribution in [1.29, 1.82) is 0 Å². The van der Waals surface area contributed by atoms with Gasteiger partial charge in [-0.15, -0.1) is 11.3 Å². The number of hydrogen-bond acceptors (Lipinski definition) is 3. The number of aryl methyl sites for hydroxylation is 1. The minimum atomic E-state index is -0.351. The predicted octanol–water partition coefficient (Wildman–Crippen LogP) is 3.72. The predicted molar refractivity (Wildman–Crippen MR) is 80.8 cm³/mol. The van der Waals surface area contributed by atoms with Crippen LogP contribution in [0.1, 0.15) is 41.6 Å². The molecule has 0 aliphatic heterocycles. The van der Waals surface area contributed by atoms with Gasteiger partial charge >= 0.3 is 0 Å². The SMILES string of the molecule is Cc1csc(CC(O)Cc2ccc(C(C)C)cc2)n1. The van der Waals surface area contributed by atoms with E-state index in [0.717, 1.165) is 10.7 Å². The molecule has 1 aromatic heterocycles. The quantitative estimate of drug-likeness (QED) is 0.902. The van der Waals surface area contributed by atoms with Gasteiger partial charge in [0.1, 0.15) is 0 Å². The first-order valence-corrected chi connectivity index (χ1v) is 7.60. The Morgan fingerprint density at radius 3 is 2.37 bits per heavy atom. The fourth-order valence-electron chi connectivity index (χ4n) is 2.08. The second-order valence-corrected chi connectivity index (χ2v) is 6.28. The Kier molecular flexibility index (Phi) is 4.72. The van der Waals surface area contributed by atoms with Gasteiger partial charge in [0.25, 0.3) is 0 Å². The molecule has 0 radical (unpaired) electrons. The van der Waals surface area contributed by atoms with Crippen molar-refractivity contribution in [1.82, 2.24) is 4.98 Å². The van der Waals surface area contributed by atoms with Crippen LogP contribution < -0.4 is 0 Å². The standard InChI is InChI=1S/C16H21NOS/c1-11(2)14-6-4-13(5-7-14)8-15(18)9-16-17-12(3)10-19-16/h4-7,10-11,15,18H,8-9H2,1-3H3. The number of aliphatic hydroxyl groups is 1. The third kappa shape index (κ3) is 4.15. The maximum atomic E-state index is 10.1. The van der Waals surface area contributed by atoms with Crippen LogP contribution in [0.25, 0.3) is 0 Å². The molecule has 19 heavy (non-hydrogen) atoms. The van der Waals surface area contributed by atoms with Gasteiger partial charge in [-0.2, -0.15) is 0 Å². The lowest BCUT2D eigenvalue weighted by Crippen LogP contribution is -2.13. The summed E-state index contributed by atoms with van der Waals surface area (Å²) in [4.78, 5) is 4.39. The highest BCUT2D eigenvalue weighted by atomic mass is 32.1. The number of aromatic nitrogens is 1. The first-order chi connectivity index (χ1) is 9.04. The van der Waals surface area contributed by atoms with E-state index in [2.05, 4.69) is 43.1 Å². The summed E-state index contributed by atoms with van der Waals surface area (Å²) >= 11 is 1.62. The van der Waals surface area contributed by atoms with E-state index in [4.69, 9.17) is 0 Å². The van der Waals surface area contributed by atoms with Crippen molar-refractivity contribution < 1.29 is 5.11 Å². The Hall–Kier alpha value is -1.19. The highest BCUT2D eigenvalue weighted by molar-refractivity contribution is 7.09. The number of rotatable bonds is 5. The van der Waals surface area contributed by atoms with Gasteiger partial charge in [0.05, 0.1) is 11.1 Å². The molecule has 0 aliphatic rings. The van der Waals surface area contributed by atoms with E-state index in [1.54, 1.807) is 11.3 Å². The van der Waals surface area contributed by atoms with Crippen LogP contribution in [0.3, 0.4) is 0 Å². The van der Waals surface area contributed by atoms with Crippen molar-refractivity contribution in [3.8, 4) is 0 Å². The number of benzene rings is 1. The molecule has 0 saturated carbocycles. The molecule has 1 heterocycles. The molecule has 1 aromatic carbocycles. The summed E-state index contributed by atoms with van der Waals surface area (Å²) in [5.74, 6) is 0.553. The van der Waals surface area contributed by atoms with Crippen LogP contribution in [-0.2, 0) is 12.8 Å². The van der Waals surface area contributed by atoms with Crippen LogP contribution >= 0.6 is 11.3 Å². The zero-order valence-electron chi connectivity index (χ0n) is 11.8. The van der Waals surface area contributed by atoms with E-state index in [9.17, 15) is 5.11 Å². The highest BCUT2D eigenvalue weighted by Gasteiger charge is 2.10. The van der Waals surface area contributed by atoms with Crippen molar-refractivity contribution in [3.05, 3.63) is 51.5 Å².